The number of hydrogen-bond acceptors (Lipinski definition) is 4. The van der Waals surface area contributed by atoms with Crippen molar-refractivity contribution in [1.82, 2.24) is 4.98 Å². The quantitative estimate of drug-likeness (QED) is 0.794. The zero-order chi connectivity index (χ0) is 12.0. The lowest BCUT2D eigenvalue weighted by molar-refractivity contribution is 0.203. The van der Waals surface area contributed by atoms with Gasteiger partial charge in [-0.15, -0.1) is 0 Å². The fourth-order valence-corrected chi connectivity index (χ4v) is 1.65. The Balaban J connectivity index is 2.91. The summed E-state index contributed by atoms with van der Waals surface area (Å²) in [6, 6.07) is 2.20. The van der Waals surface area contributed by atoms with Gasteiger partial charge < -0.3 is 14.7 Å². The predicted octanol–water partition coefficient (Wildman–Crippen LogP) is 1.44. The lowest BCUT2D eigenvalue weighted by Crippen LogP contribution is -2.34. The fraction of sp³-hybridized carbons (Fsp3) is 0.583. The molecule has 0 aromatic carbocycles. The van der Waals surface area contributed by atoms with E-state index in [0.29, 0.717) is 12.6 Å². The normalized spacial score (nSPS) is 10.8. The maximum absolute atomic E-state index is 9.29. The van der Waals surface area contributed by atoms with Gasteiger partial charge in [0.05, 0.1) is 25.1 Å². The Morgan fingerprint density at radius 1 is 1.50 bits per heavy atom. The van der Waals surface area contributed by atoms with E-state index in [0.717, 1.165) is 17.8 Å². The molecule has 0 aliphatic rings. The SMILES string of the molecule is COCCN(c1cnccc1CO)C(C)C. The standard InChI is InChI=1S/C12H20N2O2/c1-10(2)14(6-7-16-3)12-8-13-5-4-11(12)9-15/h4-5,8,10,15H,6-7,9H2,1-3H3. The first-order chi connectivity index (χ1) is 7.70. The topological polar surface area (TPSA) is 45.6 Å². The van der Waals surface area contributed by atoms with Gasteiger partial charge in [-0.3, -0.25) is 4.98 Å². The average Bonchev–Trinajstić information content (AvgIpc) is 2.29. The molecule has 1 aromatic rings. The summed E-state index contributed by atoms with van der Waals surface area (Å²) in [5.41, 5.74) is 1.89. The van der Waals surface area contributed by atoms with Crippen molar-refractivity contribution in [3.05, 3.63) is 24.0 Å². The highest BCUT2D eigenvalue weighted by Crippen LogP contribution is 2.21. The summed E-state index contributed by atoms with van der Waals surface area (Å²) in [7, 11) is 1.69. The van der Waals surface area contributed by atoms with Gasteiger partial charge in [0.15, 0.2) is 0 Å². The maximum Gasteiger partial charge on any atom is 0.0703 e. The summed E-state index contributed by atoms with van der Waals surface area (Å²) in [6.07, 6.45) is 3.49. The van der Waals surface area contributed by atoms with E-state index in [9.17, 15) is 5.11 Å². The molecular weight excluding hydrogens is 204 g/mol. The molecule has 0 fully saturated rings. The van der Waals surface area contributed by atoms with Crippen LogP contribution >= 0.6 is 0 Å². The first-order valence-corrected chi connectivity index (χ1v) is 5.50. The number of methoxy groups -OCH3 is 1. The van der Waals surface area contributed by atoms with Gasteiger partial charge in [0.25, 0.3) is 0 Å². The van der Waals surface area contributed by atoms with Gasteiger partial charge in [-0.05, 0) is 19.9 Å². The Bertz CT molecular complexity index is 316. The van der Waals surface area contributed by atoms with Gasteiger partial charge in [-0.25, -0.2) is 0 Å². The van der Waals surface area contributed by atoms with Crippen LogP contribution < -0.4 is 4.90 Å². The largest absolute Gasteiger partial charge is 0.392 e. The highest BCUT2D eigenvalue weighted by Gasteiger charge is 2.13. The molecule has 4 heteroatoms. The summed E-state index contributed by atoms with van der Waals surface area (Å²) >= 11 is 0. The third kappa shape index (κ3) is 3.18. The van der Waals surface area contributed by atoms with Gasteiger partial charge in [0.1, 0.15) is 0 Å². The van der Waals surface area contributed by atoms with Gasteiger partial charge >= 0.3 is 0 Å². The van der Waals surface area contributed by atoms with Gasteiger partial charge in [-0.1, -0.05) is 0 Å². The molecule has 0 radical (unpaired) electrons. The number of aliphatic hydroxyl groups excluding tert-OH is 1. The molecule has 16 heavy (non-hydrogen) atoms. The number of ether oxygens (including phenoxy) is 1. The van der Waals surface area contributed by atoms with Gasteiger partial charge in [-0.2, -0.15) is 0 Å². The van der Waals surface area contributed by atoms with Crippen molar-refractivity contribution in [2.45, 2.75) is 26.5 Å². The Morgan fingerprint density at radius 3 is 2.81 bits per heavy atom. The smallest absolute Gasteiger partial charge is 0.0703 e. The Kier molecular flexibility index (Phi) is 5.22. The zero-order valence-corrected chi connectivity index (χ0v) is 10.2. The van der Waals surface area contributed by atoms with Crippen LogP contribution in [0.5, 0.6) is 0 Å². The molecule has 90 valence electrons. The molecule has 0 unspecified atom stereocenters. The molecule has 0 saturated heterocycles. The molecule has 0 saturated carbocycles. The summed E-state index contributed by atoms with van der Waals surface area (Å²) in [6.45, 7) is 5.73. The van der Waals surface area contributed by atoms with Gasteiger partial charge in [0, 0.05) is 31.5 Å². The highest BCUT2D eigenvalue weighted by atomic mass is 16.5. The zero-order valence-electron chi connectivity index (χ0n) is 10.2. The van der Waals surface area contributed by atoms with E-state index in [2.05, 4.69) is 23.7 Å². The van der Waals surface area contributed by atoms with Crippen LogP contribution in [0.25, 0.3) is 0 Å². The van der Waals surface area contributed by atoms with Crippen molar-refractivity contribution in [2.24, 2.45) is 0 Å². The number of nitrogens with zero attached hydrogens (tertiary/aromatic N) is 2. The minimum absolute atomic E-state index is 0.0358. The van der Waals surface area contributed by atoms with E-state index < -0.39 is 0 Å². The molecule has 0 aliphatic carbocycles. The summed E-state index contributed by atoms with van der Waals surface area (Å²) in [4.78, 5) is 6.29. The van der Waals surface area contributed by atoms with E-state index in [1.54, 1.807) is 19.5 Å². The second-order valence-corrected chi connectivity index (χ2v) is 3.94. The minimum Gasteiger partial charge on any atom is -0.392 e. The van der Waals surface area contributed by atoms with Crippen molar-refractivity contribution in [3.8, 4) is 0 Å². The predicted molar refractivity (Wildman–Crippen MR) is 64.5 cm³/mol. The third-order valence-corrected chi connectivity index (χ3v) is 2.53. The number of pyridine rings is 1. The van der Waals surface area contributed by atoms with Crippen LogP contribution in [-0.2, 0) is 11.3 Å². The molecule has 0 bridgehead atoms. The Labute approximate surface area is 96.9 Å². The summed E-state index contributed by atoms with van der Waals surface area (Å²) in [5.74, 6) is 0. The third-order valence-electron chi connectivity index (χ3n) is 2.53. The van der Waals surface area contributed by atoms with Crippen LogP contribution in [0.3, 0.4) is 0 Å². The number of anilines is 1. The molecular formula is C12H20N2O2. The minimum atomic E-state index is 0.0358. The lowest BCUT2D eigenvalue weighted by atomic mass is 10.2. The molecule has 1 aromatic heterocycles. The second-order valence-electron chi connectivity index (χ2n) is 3.94. The van der Waals surface area contributed by atoms with Crippen molar-refractivity contribution in [3.63, 3.8) is 0 Å². The highest BCUT2D eigenvalue weighted by molar-refractivity contribution is 5.52. The molecule has 1 heterocycles. The van der Waals surface area contributed by atoms with Crippen LogP contribution in [0.15, 0.2) is 18.5 Å². The lowest BCUT2D eigenvalue weighted by Gasteiger charge is -2.30. The number of aliphatic hydroxyl groups is 1. The molecule has 0 atom stereocenters. The Morgan fingerprint density at radius 2 is 2.25 bits per heavy atom. The van der Waals surface area contributed by atoms with Crippen LogP contribution in [-0.4, -0.2) is 36.4 Å². The molecule has 1 rings (SSSR count). The maximum atomic E-state index is 9.29. The average molecular weight is 224 g/mol. The van der Waals surface area contributed by atoms with E-state index in [1.807, 2.05) is 6.07 Å². The van der Waals surface area contributed by atoms with Crippen LogP contribution in [0.4, 0.5) is 5.69 Å². The first-order valence-electron chi connectivity index (χ1n) is 5.50. The Hall–Kier alpha value is -1.13. The van der Waals surface area contributed by atoms with Gasteiger partial charge in [0.2, 0.25) is 0 Å². The summed E-state index contributed by atoms with van der Waals surface area (Å²) < 4.78 is 5.09. The molecule has 0 spiro atoms. The van der Waals surface area contributed by atoms with Crippen molar-refractivity contribution in [1.29, 1.82) is 0 Å². The van der Waals surface area contributed by atoms with Crippen molar-refractivity contribution < 1.29 is 9.84 Å². The van der Waals surface area contributed by atoms with E-state index in [-0.39, 0.29) is 6.61 Å². The monoisotopic (exact) mass is 224 g/mol. The molecule has 4 nitrogen and oxygen atoms in total. The molecule has 1 N–H and O–H groups in total. The fourth-order valence-electron chi connectivity index (χ4n) is 1.65. The van der Waals surface area contributed by atoms with E-state index in [4.69, 9.17) is 4.74 Å². The summed E-state index contributed by atoms with van der Waals surface area (Å²) in [5, 5.41) is 9.29. The van der Waals surface area contributed by atoms with E-state index >= 15 is 0 Å². The van der Waals surface area contributed by atoms with Crippen LogP contribution in [0.2, 0.25) is 0 Å². The molecule has 0 aliphatic heterocycles. The number of aromatic nitrogens is 1. The van der Waals surface area contributed by atoms with E-state index in [1.165, 1.54) is 0 Å². The van der Waals surface area contributed by atoms with Crippen molar-refractivity contribution >= 4 is 5.69 Å². The number of hydrogen-bond donors (Lipinski definition) is 1. The number of rotatable bonds is 6. The molecule has 0 amide bonds. The van der Waals surface area contributed by atoms with Crippen molar-refractivity contribution in [2.75, 3.05) is 25.2 Å². The second kappa shape index (κ2) is 6.45. The van der Waals surface area contributed by atoms with Crippen LogP contribution in [0.1, 0.15) is 19.4 Å². The van der Waals surface area contributed by atoms with Crippen LogP contribution in [0, 0.1) is 0 Å². The first kappa shape index (κ1) is 12.9.